The second-order valence-corrected chi connectivity index (χ2v) is 2.95. The minimum absolute atomic E-state index is 0.768. The summed E-state index contributed by atoms with van der Waals surface area (Å²) in [5.41, 5.74) is 5.35. The van der Waals surface area contributed by atoms with Crippen molar-refractivity contribution in [3.05, 3.63) is 0 Å². The van der Waals surface area contributed by atoms with Crippen LogP contribution in [0, 0.1) is 23.7 Å². The number of hydrogen-bond donors (Lipinski definition) is 1. The van der Waals surface area contributed by atoms with Gasteiger partial charge in [0.15, 0.2) is 0 Å². The Morgan fingerprint density at radius 3 is 2.08 bits per heavy atom. The number of hydrogen-bond acceptors (Lipinski definition) is 1. The highest BCUT2D eigenvalue weighted by atomic mass is 14.5. The van der Waals surface area contributed by atoms with Crippen LogP contribution in [0.15, 0.2) is 0 Å². The van der Waals surface area contributed by atoms with Crippen LogP contribution in [-0.4, -0.2) is 6.54 Å². The molecule has 1 heteroatoms. The summed E-state index contributed by atoms with van der Waals surface area (Å²) in [4.78, 5) is 0. The second kappa shape index (κ2) is 11.1. The zero-order valence-corrected chi connectivity index (χ0v) is 8.53. The van der Waals surface area contributed by atoms with Crippen molar-refractivity contribution in [2.24, 2.45) is 5.73 Å². The van der Waals surface area contributed by atoms with Crippen molar-refractivity contribution in [2.75, 3.05) is 6.54 Å². The maximum atomic E-state index is 5.35. The van der Waals surface area contributed by atoms with Gasteiger partial charge in [0.05, 0.1) is 0 Å². The fourth-order valence-electron chi connectivity index (χ4n) is 0.836. The molecule has 0 amide bonds. The summed E-state index contributed by atoms with van der Waals surface area (Å²) < 4.78 is 0. The van der Waals surface area contributed by atoms with Crippen LogP contribution >= 0.6 is 0 Å². The van der Waals surface area contributed by atoms with Gasteiger partial charge >= 0.3 is 0 Å². The van der Waals surface area contributed by atoms with Crippen LogP contribution < -0.4 is 5.73 Å². The van der Waals surface area contributed by atoms with Crippen LogP contribution in [0.3, 0.4) is 0 Å². The van der Waals surface area contributed by atoms with Crippen molar-refractivity contribution >= 4 is 0 Å². The van der Waals surface area contributed by atoms with E-state index in [1.54, 1.807) is 0 Å². The molecule has 13 heavy (non-hydrogen) atoms. The fourth-order valence-corrected chi connectivity index (χ4v) is 0.836. The molecule has 0 spiro atoms. The summed E-state index contributed by atoms with van der Waals surface area (Å²) in [6, 6.07) is 0. The maximum Gasteiger partial charge on any atom is 0.00993 e. The molecule has 0 aromatic heterocycles. The SMILES string of the molecule is CCCCC#CC#CCCCCN. The zero-order chi connectivity index (χ0) is 9.78. The van der Waals surface area contributed by atoms with E-state index in [1.165, 1.54) is 12.8 Å². The highest BCUT2D eigenvalue weighted by molar-refractivity contribution is 5.25. The Balaban J connectivity index is 3.30. The Morgan fingerprint density at radius 1 is 0.923 bits per heavy atom. The van der Waals surface area contributed by atoms with Gasteiger partial charge in [-0.2, -0.15) is 0 Å². The normalized spacial score (nSPS) is 8.15. The second-order valence-electron chi connectivity index (χ2n) is 2.95. The van der Waals surface area contributed by atoms with Gasteiger partial charge in [0.25, 0.3) is 0 Å². The predicted octanol–water partition coefficient (Wildman–Crippen LogP) is 2.31. The fraction of sp³-hybridized carbons (Fsp3) is 0.667. The Kier molecular flexibility index (Phi) is 10.3. The van der Waals surface area contributed by atoms with E-state index in [1.807, 2.05) is 0 Å². The zero-order valence-electron chi connectivity index (χ0n) is 8.53. The van der Waals surface area contributed by atoms with Crippen molar-refractivity contribution in [1.82, 2.24) is 0 Å². The Bertz CT molecular complexity index is 209. The average Bonchev–Trinajstić information content (AvgIpc) is 2.16. The summed E-state index contributed by atoms with van der Waals surface area (Å²) >= 11 is 0. The lowest BCUT2D eigenvalue weighted by Gasteiger charge is -1.87. The summed E-state index contributed by atoms with van der Waals surface area (Å²) in [6.45, 7) is 2.93. The first kappa shape index (κ1) is 12.1. The van der Waals surface area contributed by atoms with Crippen molar-refractivity contribution in [2.45, 2.75) is 45.4 Å². The molecule has 0 aromatic rings. The van der Waals surface area contributed by atoms with E-state index in [-0.39, 0.29) is 0 Å². The monoisotopic (exact) mass is 177 g/mol. The van der Waals surface area contributed by atoms with Gasteiger partial charge in [0, 0.05) is 12.8 Å². The predicted molar refractivity (Wildman–Crippen MR) is 58.0 cm³/mol. The third-order valence-electron chi connectivity index (χ3n) is 1.65. The molecular formula is C12H19N. The van der Waals surface area contributed by atoms with Crippen LogP contribution in [0.5, 0.6) is 0 Å². The number of unbranched alkanes of at least 4 members (excludes halogenated alkanes) is 4. The van der Waals surface area contributed by atoms with Crippen LogP contribution in [0.25, 0.3) is 0 Å². The van der Waals surface area contributed by atoms with Gasteiger partial charge in [-0.1, -0.05) is 25.2 Å². The third kappa shape index (κ3) is 11.1. The van der Waals surface area contributed by atoms with E-state index in [4.69, 9.17) is 5.73 Å². The van der Waals surface area contributed by atoms with E-state index in [0.29, 0.717) is 0 Å². The lowest BCUT2D eigenvalue weighted by atomic mass is 10.2. The first-order chi connectivity index (χ1) is 6.41. The highest BCUT2D eigenvalue weighted by Gasteiger charge is 1.79. The molecule has 0 rings (SSSR count). The van der Waals surface area contributed by atoms with Gasteiger partial charge in [-0.3, -0.25) is 0 Å². The Morgan fingerprint density at radius 2 is 1.54 bits per heavy atom. The first-order valence-electron chi connectivity index (χ1n) is 5.07. The van der Waals surface area contributed by atoms with E-state index in [9.17, 15) is 0 Å². The molecular weight excluding hydrogens is 158 g/mol. The minimum Gasteiger partial charge on any atom is -0.330 e. The molecule has 0 heterocycles. The van der Waals surface area contributed by atoms with E-state index in [2.05, 4.69) is 30.6 Å². The Hall–Kier alpha value is -0.920. The van der Waals surface area contributed by atoms with Gasteiger partial charge in [-0.25, -0.2) is 0 Å². The smallest absolute Gasteiger partial charge is 0.00993 e. The van der Waals surface area contributed by atoms with Gasteiger partial charge in [-0.05, 0) is 37.6 Å². The number of rotatable bonds is 5. The molecule has 0 saturated carbocycles. The molecule has 0 radical (unpaired) electrons. The molecule has 0 atom stereocenters. The van der Waals surface area contributed by atoms with Crippen molar-refractivity contribution in [1.29, 1.82) is 0 Å². The van der Waals surface area contributed by atoms with Gasteiger partial charge in [0.1, 0.15) is 0 Å². The third-order valence-corrected chi connectivity index (χ3v) is 1.65. The number of nitrogens with two attached hydrogens (primary N) is 1. The van der Waals surface area contributed by atoms with Crippen molar-refractivity contribution in [3.8, 4) is 23.7 Å². The van der Waals surface area contributed by atoms with Crippen molar-refractivity contribution in [3.63, 3.8) is 0 Å². The lowest BCUT2D eigenvalue weighted by Crippen LogP contribution is -1.96. The molecule has 0 aliphatic carbocycles. The molecule has 0 aliphatic rings. The van der Waals surface area contributed by atoms with Gasteiger partial charge in [-0.15, -0.1) is 0 Å². The summed E-state index contributed by atoms with van der Waals surface area (Å²) in [6.07, 6.45) is 6.46. The molecule has 0 saturated heterocycles. The van der Waals surface area contributed by atoms with Gasteiger partial charge in [0.2, 0.25) is 0 Å². The van der Waals surface area contributed by atoms with Crippen LogP contribution in [0.2, 0.25) is 0 Å². The summed E-state index contributed by atoms with van der Waals surface area (Å²) in [5.74, 6) is 11.8. The quantitative estimate of drug-likeness (QED) is 0.506. The molecule has 2 N–H and O–H groups in total. The first-order valence-corrected chi connectivity index (χ1v) is 5.07. The van der Waals surface area contributed by atoms with E-state index < -0.39 is 0 Å². The van der Waals surface area contributed by atoms with Crippen molar-refractivity contribution < 1.29 is 0 Å². The summed E-state index contributed by atoms with van der Waals surface area (Å²) in [7, 11) is 0. The van der Waals surface area contributed by atoms with Crippen LogP contribution in [0.4, 0.5) is 0 Å². The largest absolute Gasteiger partial charge is 0.330 e. The summed E-state index contributed by atoms with van der Waals surface area (Å²) in [5, 5.41) is 0. The molecule has 0 bridgehead atoms. The average molecular weight is 177 g/mol. The highest BCUT2D eigenvalue weighted by Crippen LogP contribution is 1.91. The topological polar surface area (TPSA) is 26.0 Å². The lowest BCUT2D eigenvalue weighted by molar-refractivity contribution is 0.768. The standard InChI is InChI=1S/C12H19N/c1-2-3-4-5-6-7-8-9-10-11-12-13/h2-4,9-13H2,1H3. The van der Waals surface area contributed by atoms with E-state index in [0.717, 1.165) is 32.2 Å². The molecule has 0 fully saturated rings. The minimum atomic E-state index is 0.768. The van der Waals surface area contributed by atoms with Crippen LogP contribution in [0.1, 0.15) is 45.4 Å². The molecule has 0 aromatic carbocycles. The van der Waals surface area contributed by atoms with E-state index >= 15 is 0 Å². The molecule has 0 aliphatic heterocycles. The maximum absolute atomic E-state index is 5.35. The molecule has 0 unspecified atom stereocenters. The molecule has 1 nitrogen and oxygen atoms in total. The molecule has 72 valence electrons. The van der Waals surface area contributed by atoms with Crippen LogP contribution in [-0.2, 0) is 0 Å². The van der Waals surface area contributed by atoms with Gasteiger partial charge < -0.3 is 5.73 Å². The Labute approximate surface area is 82.1 Å².